The molecule has 4 heteroatoms. The predicted molar refractivity (Wildman–Crippen MR) is 196 cm³/mol. The highest BCUT2D eigenvalue weighted by Crippen LogP contribution is 2.10. The molecular weight excluding hydrogens is 550 g/mol. The van der Waals surface area contributed by atoms with Gasteiger partial charge in [-0.1, -0.05) is 140 Å². The van der Waals surface area contributed by atoms with E-state index in [9.17, 15) is 0 Å². The lowest BCUT2D eigenvalue weighted by atomic mass is 10.1. The van der Waals surface area contributed by atoms with Crippen LogP contribution in [0.2, 0.25) is 0 Å². The van der Waals surface area contributed by atoms with Gasteiger partial charge < -0.3 is 15.2 Å². The molecule has 3 nitrogen and oxygen atoms in total. The van der Waals surface area contributed by atoms with Crippen molar-refractivity contribution in [3.63, 3.8) is 0 Å². The molecule has 1 unspecified atom stereocenters. The number of allylic oxidation sites excluding steroid dienone is 8. The van der Waals surface area contributed by atoms with Crippen LogP contribution in [0.25, 0.3) is 0 Å². The highest BCUT2D eigenvalue weighted by molar-refractivity contribution is 5.85. The second kappa shape index (κ2) is 41.1. The number of halogens is 1. The topological polar surface area (TPSA) is 44.5 Å². The maximum absolute atomic E-state index is 5.97. The highest BCUT2D eigenvalue weighted by Gasteiger charge is 2.06. The number of hydrogen-bond donors (Lipinski definition) is 1. The van der Waals surface area contributed by atoms with Crippen LogP contribution in [0.15, 0.2) is 48.6 Å². The second-order valence-corrected chi connectivity index (χ2v) is 12.0. The maximum Gasteiger partial charge on any atom is 0.0930 e. The van der Waals surface area contributed by atoms with E-state index in [1.54, 1.807) is 0 Å². The molecule has 0 saturated carbocycles. The van der Waals surface area contributed by atoms with Gasteiger partial charge in [-0.2, -0.15) is 0 Å². The maximum atomic E-state index is 5.97. The van der Waals surface area contributed by atoms with Crippen molar-refractivity contribution >= 4 is 12.4 Å². The number of hydrogen-bond acceptors (Lipinski definition) is 3. The van der Waals surface area contributed by atoms with E-state index in [-0.39, 0.29) is 18.5 Å². The first-order chi connectivity index (χ1) is 20.8. The summed E-state index contributed by atoms with van der Waals surface area (Å²) in [6, 6.07) is 0. The normalized spacial score (nSPS) is 12.8. The van der Waals surface area contributed by atoms with Gasteiger partial charge in [-0.05, 0) is 77.0 Å². The summed E-state index contributed by atoms with van der Waals surface area (Å²) in [6.07, 6.45) is 49.3. The van der Waals surface area contributed by atoms with Crippen LogP contribution in [0.1, 0.15) is 168 Å². The van der Waals surface area contributed by atoms with Gasteiger partial charge in [-0.25, -0.2) is 0 Å². The Morgan fingerprint density at radius 2 is 0.837 bits per heavy atom. The minimum atomic E-state index is 0. The van der Waals surface area contributed by atoms with Crippen molar-refractivity contribution in [3.05, 3.63) is 48.6 Å². The SMILES string of the molecule is CCCCC/C=C\C/C=C\CCCCCCCCOCC(CN)OCCCCCCCC/C=C\C/C=C\CCCCC.Cl. The molecule has 0 heterocycles. The molecule has 0 aromatic rings. The molecule has 0 aliphatic heterocycles. The van der Waals surface area contributed by atoms with Crippen molar-refractivity contribution in [1.82, 2.24) is 0 Å². The largest absolute Gasteiger partial charge is 0.379 e. The van der Waals surface area contributed by atoms with Crippen LogP contribution >= 0.6 is 12.4 Å². The Morgan fingerprint density at radius 1 is 0.465 bits per heavy atom. The lowest BCUT2D eigenvalue weighted by molar-refractivity contribution is -0.0136. The first-order valence-corrected chi connectivity index (χ1v) is 18.3. The van der Waals surface area contributed by atoms with Gasteiger partial charge in [0.05, 0.1) is 12.7 Å². The van der Waals surface area contributed by atoms with Gasteiger partial charge in [0.25, 0.3) is 0 Å². The van der Waals surface area contributed by atoms with Crippen LogP contribution in [-0.2, 0) is 9.47 Å². The first-order valence-electron chi connectivity index (χ1n) is 18.3. The lowest BCUT2D eigenvalue weighted by Crippen LogP contribution is -2.29. The highest BCUT2D eigenvalue weighted by atomic mass is 35.5. The van der Waals surface area contributed by atoms with Crippen LogP contribution in [0.4, 0.5) is 0 Å². The van der Waals surface area contributed by atoms with E-state index in [0.29, 0.717) is 13.2 Å². The average molecular weight is 624 g/mol. The number of nitrogens with two attached hydrogens (primary N) is 1. The van der Waals surface area contributed by atoms with Crippen LogP contribution in [0, 0.1) is 0 Å². The van der Waals surface area contributed by atoms with Gasteiger partial charge in [0.2, 0.25) is 0 Å². The fourth-order valence-corrected chi connectivity index (χ4v) is 4.93. The fourth-order valence-electron chi connectivity index (χ4n) is 4.93. The molecule has 0 radical (unpaired) electrons. The summed E-state index contributed by atoms with van der Waals surface area (Å²) in [5.41, 5.74) is 5.90. The molecule has 2 N–H and O–H groups in total. The van der Waals surface area contributed by atoms with Crippen LogP contribution < -0.4 is 5.73 Å². The van der Waals surface area contributed by atoms with Gasteiger partial charge in [0.15, 0.2) is 0 Å². The van der Waals surface area contributed by atoms with Crippen molar-refractivity contribution < 1.29 is 9.47 Å². The molecule has 0 saturated heterocycles. The number of ether oxygens (including phenoxy) is 2. The molecule has 0 aliphatic rings. The Bertz CT molecular complexity index is 616. The third-order valence-electron chi connectivity index (χ3n) is 7.75. The van der Waals surface area contributed by atoms with Crippen LogP contribution in [0.3, 0.4) is 0 Å². The van der Waals surface area contributed by atoms with Crippen molar-refractivity contribution in [3.8, 4) is 0 Å². The van der Waals surface area contributed by atoms with Gasteiger partial charge in [0, 0.05) is 19.8 Å². The Balaban J connectivity index is 0. The predicted octanol–water partition coefficient (Wildman–Crippen LogP) is 12.4. The smallest absolute Gasteiger partial charge is 0.0930 e. The van der Waals surface area contributed by atoms with Crippen LogP contribution in [0.5, 0.6) is 0 Å². The third kappa shape index (κ3) is 39.1. The fraction of sp³-hybridized carbons (Fsp3) is 0.795. The van der Waals surface area contributed by atoms with Gasteiger partial charge in [-0.3, -0.25) is 0 Å². The molecule has 0 rings (SSSR count). The second-order valence-electron chi connectivity index (χ2n) is 12.0. The molecule has 0 fully saturated rings. The molecule has 0 aromatic carbocycles. The summed E-state index contributed by atoms with van der Waals surface area (Å²) in [4.78, 5) is 0. The van der Waals surface area contributed by atoms with E-state index in [4.69, 9.17) is 15.2 Å². The van der Waals surface area contributed by atoms with Crippen molar-refractivity contribution in [2.75, 3.05) is 26.4 Å². The summed E-state index contributed by atoms with van der Waals surface area (Å²) < 4.78 is 11.8. The number of rotatable bonds is 34. The third-order valence-corrected chi connectivity index (χ3v) is 7.75. The molecule has 43 heavy (non-hydrogen) atoms. The van der Waals surface area contributed by atoms with E-state index in [1.807, 2.05) is 0 Å². The Morgan fingerprint density at radius 3 is 1.26 bits per heavy atom. The summed E-state index contributed by atoms with van der Waals surface area (Å²) in [7, 11) is 0. The van der Waals surface area contributed by atoms with E-state index >= 15 is 0 Å². The molecular formula is C39H74ClNO2. The molecule has 0 spiro atoms. The van der Waals surface area contributed by atoms with E-state index < -0.39 is 0 Å². The summed E-state index contributed by atoms with van der Waals surface area (Å²) in [6.45, 7) is 7.35. The molecule has 254 valence electrons. The zero-order chi connectivity index (χ0) is 30.4. The zero-order valence-corrected chi connectivity index (χ0v) is 29.6. The molecule has 1 atom stereocenters. The standard InChI is InChI=1S/C39H73NO2.ClH/c1-3-5-7-9-11-13-15-17-19-21-23-25-27-29-31-33-35-41-38-39(37-40)42-36-34-32-30-28-26-24-22-20-18-16-14-12-10-8-6-4-2;/h11-14,17-20,39H,3-10,15-16,21-38,40H2,1-2H3;1H/b13-11-,14-12-,19-17-,20-18-;. The summed E-state index contributed by atoms with van der Waals surface area (Å²) in [5.74, 6) is 0. The quantitative estimate of drug-likeness (QED) is 0.0572. The lowest BCUT2D eigenvalue weighted by Gasteiger charge is -2.16. The van der Waals surface area contributed by atoms with Gasteiger partial charge >= 0.3 is 0 Å². The minimum absolute atomic E-state index is 0. The molecule has 0 aromatic heterocycles. The monoisotopic (exact) mass is 624 g/mol. The van der Waals surface area contributed by atoms with Crippen molar-refractivity contribution in [2.45, 2.75) is 174 Å². The first kappa shape index (κ1) is 44.3. The van der Waals surface area contributed by atoms with E-state index in [0.717, 1.165) is 38.9 Å². The summed E-state index contributed by atoms with van der Waals surface area (Å²) >= 11 is 0. The number of unbranched alkanes of at least 4 members (excludes halogenated alkanes) is 18. The van der Waals surface area contributed by atoms with Crippen LogP contribution in [-0.4, -0.2) is 32.5 Å². The molecule has 0 aliphatic carbocycles. The van der Waals surface area contributed by atoms with Crippen molar-refractivity contribution in [2.24, 2.45) is 5.73 Å². The average Bonchev–Trinajstić information content (AvgIpc) is 3.00. The summed E-state index contributed by atoms with van der Waals surface area (Å²) in [5, 5.41) is 0. The zero-order valence-electron chi connectivity index (χ0n) is 28.8. The minimum Gasteiger partial charge on any atom is -0.379 e. The molecule has 0 bridgehead atoms. The van der Waals surface area contributed by atoms with Gasteiger partial charge in [-0.15, -0.1) is 12.4 Å². The van der Waals surface area contributed by atoms with Crippen molar-refractivity contribution in [1.29, 1.82) is 0 Å². The Kier molecular flexibility index (Phi) is 42.3. The molecule has 0 amide bonds. The van der Waals surface area contributed by atoms with Gasteiger partial charge in [0.1, 0.15) is 0 Å². The van der Waals surface area contributed by atoms with E-state index in [1.165, 1.54) is 128 Å². The van der Waals surface area contributed by atoms with E-state index in [2.05, 4.69) is 62.5 Å². The Hall–Kier alpha value is -0.870. The Labute approximate surface area is 276 Å².